The second-order valence-corrected chi connectivity index (χ2v) is 13.5. The first kappa shape index (κ1) is 29.1. The summed E-state index contributed by atoms with van der Waals surface area (Å²) in [6, 6.07) is 41.0. The van der Waals surface area contributed by atoms with Crippen LogP contribution in [0.4, 0.5) is 0 Å². The molecule has 0 unspecified atom stereocenters. The molecule has 1 aliphatic carbocycles. The molecule has 4 heteroatoms. The van der Waals surface area contributed by atoms with Gasteiger partial charge in [-0.3, -0.25) is 6.08 Å². The zero-order valence-corrected chi connectivity index (χ0v) is 24.7. The molecule has 0 atom stereocenters. The van der Waals surface area contributed by atoms with Crippen molar-refractivity contribution in [2.24, 2.45) is 0 Å². The molecule has 0 N–H and O–H groups in total. The smallest absolute Gasteiger partial charge is 0.0771 e. The molecule has 0 aliphatic heterocycles. The van der Waals surface area contributed by atoms with E-state index in [1.54, 1.807) is 23.3 Å². The summed E-state index contributed by atoms with van der Waals surface area (Å²) in [5.74, 6) is 0. The Balaban J connectivity index is 0.000000192. The van der Waals surface area contributed by atoms with Gasteiger partial charge in [0, 0.05) is 0 Å². The van der Waals surface area contributed by atoms with Crippen molar-refractivity contribution in [3.63, 3.8) is 0 Å². The van der Waals surface area contributed by atoms with Gasteiger partial charge in [-0.25, -0.2) is 11.6 Å². The summed E-state index contributed by atoms with van der Waals surface area (Å²) < 4.78 is 0. The van der Waals surface area contributed by atoms with Gasteiger partial charge in [-0.1, -0.05) is 43.3 Å². The standard InChI is InChI=1S/C13H9.C12H10Si.C6H7.2ClH.Zr/c1-3-7-12-10(5-1)9-11-6-2-4-8-13(11)12;1-3-7-11(8-4-1)13-12-9-5-2-6-10-12;1-6-4-2-3-5-6;;;/h1-9H;1-10H;2,4H,3H2,1H3;2*1H;/q-1;;-1;;;+2. The van der Waals surface area contributed by atoms with Crippen LogP contribution in [-0.2, 0) is 23.3 Å². The summed E-state index contributed by atoms with van der Waals surface area (Å²) in [6.45, 7) is 2.06. The molecule has 0 heterocycles. The number of rotatable bonds is 2. The van der Waals surface area contributed by atoms with Gasteiger partial charge in [0.25, 0.3) is 0 Å². The van der Waals surface area contributed by atoms with Gasteiger partial charge >= 0.3 is 99.8 Å². The maximum absolute atomic E-state index is 3.12. The third-order valence-electron chi connectivity index (χ3n) is 5.51. The second kappa shape index (κ2) is 15.1. The molecule has 1 aliphatic rings. The molecule has 0 radical (unpaired) electrons. The molecule has 0 saturated carbocycles. The fourth-order valence-electron chi connectivity index (χ4n) is 3.79. The Morgan fingerprint density at radius 1 is 0.657 bits per heavy atom. The molecule has 0 bridgehead atoms. The van der Waals surface area contributed by atoms with Crippen LogP contribution in [0, 0.1) is 6.08 Å². The number of halogens is 2. The summed E-state index contributed by atoms with van der Waals surface area (Å²) in [4.78, 5) is 0. The SMILES string of the molecule is CC1=[C-]CC=C1.Cl.Cl.[Zr+2]=[Si](c1ccccc1)c1ccccc1.c1ccc2c(c1)[cH-]c1ccccc12. The van der Waals surface area contributed by atoms with E-state index in [1.807, 2.05) is 0 Å². The molecule has 5 aromatic rings. The van der Waals surface area contributed by atoms with Crippen molar-refractivity contribution in [2.75, 3.05) is 0 Å². The summed E-state index contributed by atoms with van der Waals surface area (Å²) in [5, 5.41) is 8.42. The summed E-state index contributed by atoms with van der Waals surface area (Å²) in [7, 11) is 0. The van der Waals surface area contributed by atoms with Crippen molar-refractivity contribution in [3.8, 4) is 0 Å². The molecule has 5 aromatic carbocycles. The van der Waals surface area contributed by atoms with Gasteiger partial charge in [-0.15, -0.1) is 71.0 Å². The molecule has 174 valence electrons. The van der Waals surface area contributed by atoms with Crippen LogP contribution in [0.25, 0.3) is 21.5 Å². The number of allylic oxidation sites excluding steroid dienone is 4. The Bertz CT molecular complexity index is 1310. The first-order chi connectivity index (χ1) is 16.2. The van der Waals surface area contributed by atoms with Gasteiger partial charge in [-0.2, -0.15) is 6.08 Å². The Kier molecular flexibility index (Phi) is 12.6. The zero-order chi connectivity index (χ0) is 22.9. The van der Waals surface area contributed by atoms with Crippen LogP contribution in [-0.4, -0.2) is 5.43 Å². The molecule has 35 heavy (non-hydrogen) atoms. The van der Waals surface area contributed by atoms with Crippen LogP contribution in [0.3, 0.4) is 0 Å². The van der Waals surface area contributed by atoms with Crippen LogP contribution in [0.1, 0.15) is 13.3 Å². The first-order valence-electron chi connectivity index (χ1n) is 11.2. The molecule has 0 spiro atoms. The van der Waals surface area contributed by atoms with Crippen molar-refractivity contribution in [1.29, 1.82) is 0 Å². The van der Waals surface area contributed by atoms with Crippen LogP contribution < -0.4 is 10.4 Å². The molecule has 0 saturated heterocycles. The summed E-state index contributed by atoms with van der Waals surface area (Å²) >= 11 is 1.64. The van der Waals surface area contributed by atoms with E-state index in [0.29, 0.717) is 0 Å². The van der Waals surface area contributed by atoms with E-state index in [1.165, 1.54) is 37.5 Å². The first-order valence-corrected chi connectivity index (χ1v) is 16.4. The van der Waals surface area contributed by atoms with Crippen molar-refractivity contribution < 1.29 is 23.3 Å². The van der Waals surface area contributed by atoms with E-state index >= 15 is 0 Å². The predicted molar refractivity (Wildman–Crippen MR) is 156 cm³/mol. The summed E-state index contributed by atoms with van der Waals surface area (Å²) in [5.41, 5.74) is 0.818. The molecule has 0 aromatic heterocycles. The Hall–Kier alpha value is -2.09. The van der Waals surface area contributed by atoms with E-state index < -0.39 is 5.43 Å². The minimum Gasteiger partial charge on any atom is -0.126 e. The molecule has 0 fully saturated rings. The van der Waals surface area contributed by atoms with Crippen molar-refractivity contribution in [1.82, 2.24) is 0 Å². The van der Waals surface area contributed by atoms with Gasteiger partial charge < -0.3 is 0 Å². The third kappa shape index (κ3) is 8.23. The fraction of sp³-hybridized carbons (Fsp3) is 0.0645. The number of benzene rings is 4. The number of hydrogen-bond acceptors (Lipinski definition) is 0. The normalized spacial score (nSPS) is 11.2. The van der Waals surface area contributed by atoms with E-state index in [0.717, 1.165) is 6.42 Å². The number of fused-ring (bicyclic) bond motifs is 3. The quantitative estimate of drug-likeness (QED) is 0.147. The average Bonchev–Trinajstić information content (AvgIpc) is 3.52. The van der Waals surface area contributed by atoms with Crippen LogP contribution in [0.5, 0.6) is 0 Å². The molecule has 0 nitrogen and oxygen atoms in total. The van der Waals surface area contributed by atoms with Gasteiger partial charge in [0.15, 0.2) is 0 Å². The van der Waals surface area contributed by atoms with E-state index in [2.05, 4.69) is 140 Å². The second-order valence-electron chi connectivity index (χ2n) is 7.89. The largest absolute Gasteiger partial charge is 0.126 e. The van der Waals surface area contributed by atoms with Crippen molar-refractivity contribution >= 4 is 62.2 Å². The maximum atomic E-state index is 3.12. The van der Waals surface area contributed by atoms with E-state index in [9.17, 15) is 0 Å². The van der Waals surface area contributed by atoms with Crippen molar-refractivity contribution in [2.45, 2.75) is 13.3 Å². The zero-order valence-electron chi connectivity index (χ0n) is 19.6. The van der Waals surface area contributed by atoms with Crippen LogP contribution in [0.2, 0.25) is 0 Å². The summed E-state index contributed by atoms with van der Waals surface area (Å²) in [6.07, 6.45) is 8.33. The monoisotopic (exact) mass is 588 g/mol. The average molecular weight is 591 g/mol. The minimum absolute atomic E-state index is 0. The fourth-order valence-corrected chi connectivity index (χ4v) is 7.64. The van der Waals surface area contributed by atoms with E-state index in [4.69, 9.17) is 0 Å². The third-order valence-corrected chi connectivity index (χ3v) is 11.6. The van der Waals surface area contributed by atoms with Crippen LogP contribution >= 0.6 is 24.8 Å². The van der Waals surface area contributed by atoms with Gasteiger partial charge in [0.1, 0.15) is 0 Å². The van der Waals surface area contributed by atoms with Crippen molar-refractivity contribution in [3.05, 3.63) is 139 Å². The molecular weight excluding hydrogens is 563 g/mol. The molecular formula is C31H28Cl2SiZr. The number of hydrogen-bond donors (Lipinski definition) is 0. The molecule has 0 amide bonds. The van der Waals surface area contributed by atoms with E-state index in [-0.39, 0.29) is 24.8 Å². The Morgan fingerprint density at radius 2 is 1.09 bits per heavy atom. The maximum Gasteiger partial charge on any atom is -0.0771 e. The predicted octanol–water partition coefficient (Wildman–Crippen LogP) is 7.59. The Morgan fingerprint density at radius 3 is 1.46 bits per heavy atom. The van der Waals surface area contributed by atoms with Gasteiger partial charge in [0.05, 0.1) is 0 Å². The molecule has 6 rings (SSSR count). The van der Waals surface area contributed by atoms with Gasteiger partial charge in [0.2, 0.25) is 0 Å². The van der Waals surface area contributed by atoms with Gasteiger partial charge in [-0.05, 0) is 0 Å². The minimum atomic E-state index is -0.455. The van der Waals surface area contributed by atoms with Crippen LogP contribution in [0.15, 0.2) is 133 Å². The topological polar surface area (TPSA) is 0 Å². The Labute approximate surface area is 236 Å².